The van der Waals surface area contributed by atoms with Gasteiger partial charge in [0.25, 0.3) is 5.69 Å². The number of nitrogens with one attached hydrogen (secondary N) is 1. The van der Waals surface area contributed by atoms with Gasteiger partial charge in [-0.1, -0.05) is 62.4 Å². The van der Waals surface area contributed by atoms with E-state index in [0.717, 1.165) is 28.2 Å². The first-order valence-electron chi connectivity index (χ1n) is 11.8. The van der Waals surface area contributed by atoms with Crippen LogP contribution in [0.5, 0.6) is 0 Å². The fourth-order valence-corrected chi connectivity index (χ4v) is 4.63. The number of nitro benzene ring substituents is 1. The molecule has 9 heteroatoms. The zero-order valence-electron chi connectivity index (χ0n) is 20.2. The van der Waals surface area contributed by atoms with Gasteiger partial charge >= 0.3 is 12.0 Å². The molecule has 0 aliphatic heterocycles. The van der Waals surface area contributed by atoms with Crippen molar-refractivity contribution in [2.75, 3.05) is 16.8 Å². The number of hydrogen-bond donors (Lipinski definition) is 2. The van der Waals surface area contributed by atoms with Crippen LogP contribution in [0.15, 0.2) is 82.6 Å². The number of carboxylic acid groups (broad SMARTS) is 1. The van der Waals surface area contributed by atoms with Gasteiger partial charge in [-0.15, -0.1) is 0 Å². The Balaban J connectivity index is 1.81. The summed E-state index contributed by atoms with van der Waals surface area (Å²) in [6, 6.07) is 20.6. The third-order valence-electron chi connectivity index (χ3n) is 5.68. The van der Waals surface area contributed by atoms with Gasteiger partial charge in [-0.05, 0) is 54.8 Å². The van der Waals surface area contributed by atoms with Crippen LogP contribution in [0.4, 0.5) is 21.9 Å². The van der Waals surface area contributed by atoms with Crippen molar-refractivity contribution >= 4 is 40.8 Å². The molecule has 0 saturated carbocycles. The van der Waals surface area contributed by atoms with Gasteiger partial charge in [0.1, 0.15) is 5.69 Å². The van der Waals surface area contributed by atoms with Gasteiger partial charge < -0.3 is 10.4 Å². The Labute approximate surface area is 214 Å². The molecule has 0 aromatic heterocycles. The standard InChI is InChI=1S/C27H29N3O5S/c1-3-5-17-29(27(33)28-24-11-6-7-12-25(24)30(34)35)20-9-8-10-22(18-20)36-21-15-13-19(14-16-21)23(4-2)26(31)32/h6-16,18,23H,3-5,17H2,1-2H3,(H,28,33)(H,31,32). The van der Waals surface area contributed by atoms with Gasteiger partial charge in [0.15, 0.2) is 0 Å². The van der Waals surface area contributed by atoms with Crippen molar-refractivity contribution in [2.45, 2.75) is 48.8 Å². The van der Waals surface area contributed by atoms with E-state index in [0.29, 0.717) is 18.7 Å². The van der Waals surface area contributed by atoms with Crippen molar-refractivity contribution in [3.8, 4) is 0 Å². The zero-order valence-corrected chi connectivity index (χ0v) is 21.0. The van der Waals surface area contributed by atoms with Gasteiger partial charge in [0, 0.05) is 28.1 Å². The van der Waals surface area contributed by atoms with Gasteiger partial charge in [-0.25, -0.2) is 4.79 Å². The second kappa shape index (κ2) is 12.7. The predicted octanol–water partition coefficient (Wildman–Crippen LogP) is 7.16. The second-order valence-electron chi connectivity index (χ2n) is 8.18. The van der Waals surface area contributed by atoms with E-state index in [-0.39, 0.29) is 11.4 Å². The summed E-state index contributed by atoms with van der Waals surface area (Å²) >= 11 is 1.51. The van der Waals surface area contributed by atoms with E-state index in [1.54, 1.807) is 17.0 Å². The largest absolute Gasteiger partial charge is 0.481 e. The Morgan fingerprint density at radius 1 is 1.03 bits per heavy atom. The van der Waals surface area contributed by atoms with Gasteiger partial charge in [-0.3, -0.25) is 19.8 Å². The summed E-state index contributed by atoms with van der Waals surface area (Å²) in [4.78, 5) is 38.9. The zero-order chi connectivity index (χ0) is 26.1. The van der Waals surface area contributed by atoms with Crippen LogP contribution >= 0.6 is 11.8 Å². The summed E-state index contributed by atoms with van der Waals surface area (Å²) in [5, 5.41) is 23.4. The molecule has 3 aromatic rings. The Morgan fingerprint density at radius 3 is 2.39 bits per heavy atom. The highest BCUT2D eigenvalue weighted by Crippen LogP contribution is 2.32. The lowest BCUT2D eigenvalue weighted by atomic mass is 9.97. The highest BCUT2D eigenvalue weighted by Gasteiger charge is 2.21. The maximum Gasteiger partial charge on any atom is 0.326 e. The van der Waals surface area contributed by atoms with Crippen LogP contribution in [0.1, 0.15) is 44.6 Å². The number of rotatable bonds is 11. The van der Waals surface area contributed by atoms with Crippen LogP contribution in [0.2, 0.25) is 0 Å². The topological polar surface area (TPSA) is 113 Å². The molecule has 2 amide bonds. The smallest absolute Gasteiger partial charge is 0.326 e. The van der Waals surface area contributed by atoms with E-state index in [2.05, 4.69) is 5.32 Å². The molecule has 0 aliphatic carbocycles. The van der Waals surface area contributed by atoms with Gasteiger partial charge in [0.05, 0.1) is 10.8 Å². The van der Waals surface area contributed by atoms with Crippen LogP contribution in [-0.4, -0.2) is 28.6 Å². The molecule has 8 nitrogen and oxygen atoms in total. The molecule has 3 rings (SSSR count). The third kappa shape index (κ3) is 6.85. The number of carbonyl (C=O) groups is 2. The Hall–Kier alpha value is -3.85. The number of benzene rings is 3. The number of carboxylic acids is 1. The molecule has 36 heavy (non-hydrogen) atoms. The lowest BCUT2D eigenvalue weighted by Crippen LogP contribution is -2.36. The minimum atomic E-state index is -0.836. The molecule has 0 radical (unpaired) electrons. The summed E-state index contributed by atoms with van der Waals surface area (Å²) in [5.74, 6) is -1.37. The summed E-state index contributed by atoms with van der Waals surface area (Å²) in [5.41, 5.74) is 1.42. The summed E-state index contributed by atoms with van der Waals surface area (Å²) < 4.78 is 0. The summed E-state index contributed by atoms with van der Waals surface area (Å²) in [6.07, 6.45) is 2.17. The number of aliphatic carboxylic acids is 1. The molecule has 0 saturated heterocycles. The molecule has 0 heterocycles. The molecule has 2 N–H and O–H groups in total. The molecule has 0 spiro atoms. The average molecular weight is 508 g/mol. The fourth-order valence-electron chi connectivity index (χ4n) is 3.76. The van der Waals surface area contributed by atoms with Gasteiger partial charge in [-0.2, -0.15) is 0 Å². The number of nitrogens with zero attached hydrogens (tertiary/aromatic N) is 2. The van der Waals surface area contributed by atoms with Crippen LogP contribution in [0.25, 0.3) is 0 Å². The number of para-hydroxylation sites is 2. The van der Waals surface area contributed by atoms with Crippen LogP contribution < -0.4 is 10.2 Å². The molecular weight excluding hydrogens is 478 g/mol. The lowest BCUT2D eigenvalue weighted by molar-refractivity contribution is -0.383. The molecule has 0 fully saturated rings. The van der Waals surface area contributed by atoms with Crippen molar-refractivity contribution in [3.05, 3.63) is 88.5 Å². The minimum Gasteiger partial charge on any atom is -0.481 e. The number of urea groups is 1. The first kappa shape index (κ1) is 26.7. The monoisotopic (exact) mass is 507 g/mol. The number of nitro groups is 1. The van der Waals surface area contributed by atoms with Crippen LogP contribution in [0.3, 0.4) is 0 Å². The first-order chi connectivity index (χ1) is 17.3. The third-order valence-corrected chi connectivity index (χ3v) is 6.67. The number of unbranched alkanes of at least 4 members (excludes halogenated alkanes) is 1. The number of carbonyl (C=O) groups excluding carboxylic acids is 1. The minimum absolute atomic E-state index is 0.145. The van der Waals surface area contributed by atoms with Gasteiger partial charge in [0.2, 0.25) is 0 Å². The molecule has 0 bridgehead atoms. The van der Waals surface area contributed by atoms with Crippen molar-refractivity contribution in [1.29, 1.82) is 0 Å². The maximum atomic E-state index is 13.2. The molecule has 3 aromatic carbocycles. The normalized spacial score (nSPS) is 11.5. The molecular formula is C27H29N3O5S. The number of hydrogen-bond acceptors (Lipinski definition) is 5. The summed E-state index contributed by atoms with van der Waals surface area (Å²) in [7, 11) is 0. The Bertz CT molecular complexity index is 1220. The van der Waals surface area contributed by atoms with E-state index in [1.165, 1.54) is 23.9 Å². The molecule has 1 unspecified atom stereocenters. The van der Waals surface area contributed by atoms with Crippen molar-refractivity contribution < 1.29 is 19.6 Å². The quantitative estimate of drug-likeness (QED) is 0.210. The van der Waals surface area contributed by atoms with E-state index < -0.39 is 22.8 Å². The van der Waals surface area contributed by atoms with Crippen LogP contribution in [0, 0.1) is 10.1 Å². The number of anilines is 2. The summed E-state index contributed by atoms with van der Waals surface area (Å²) in [6.45, 7) is 4.34. The highest BCUT2D eigenvalue weighted by atomic mass is 32.2. The van der Waals surface area contributed by atoms with Crippen molar-refractivity contribution in [1.82, 2.24) is 0 Å². The van der Waals surface area contributed by atoms with E-state index >= 15 is 0 Å². The highest BCUT2D eigenvalue weighted by molar-refractivity contribution is 7.99. The lowest BCUT2D eigenvalue weighted by Gasteiger charge is -2.23. The average Bonchev–Trinajstić information content (AvgIpc) is 2.86. The van der Waals surface area contributed by atoms with Crippen molar-refractivity contribution in [3.63, 3.8) is 0 Å². The maximum absolute atomic E-state index is 13.2. The Morgan fingerprint density at radius 2 is 1.75 bits per heavy atom. The first-order valence-corrected chi connectivity index (χ1v) is 12.6. The van der Waals surface area contributed by atoms with Crippen molar-refractivity contribution in [2.24, 2.45) is 0 Å². The van der Waals surface area contributed by atoms with Crippen LogP contribution in [-0.2, 0) is 4.79 Å². The molecule has 0 aliphatic rings. The van der Waals surface area contributed by atoms with E-state index in [9.17, 15) is 24.8 Å². The van der Waals surface area contributed by atoms with E-state index in [1.807, 2.05) is 62.4 Å². The second-order valence-corrected chi connectivity index (χ2v) is 9.32. The Kier molecular flexibility index (Phi) is 9.46. The SMILES string of the molecule is CCCCN(C(=O)Nc1ccccc1[N+](=O)[O-])c1cccc(Sc2ccc(C(CC)C(=O)O)cc2)c1. The fraction of sp³-hybridized carbons (Fsp3) is 0.259. The molecule has 188 valence electrons. The number of amides is 2. The predicted molar refractivity (Wildman–Crippen MR) is 142 cm³/mol. The molecule has 1 atom stereocenters. The van der Waals surface area contributed by atoms with E-state index in [4.69, 9.17) is 0 Å².